The number of amides is 2. The van der Waals surface area contributed by atoms with Crippen LogP contribution in [-0.4, -0.2) is 41.2 Å². The monoisotopic (exact) mass is 441 g/mol. The first-order chi connectivity index (χ1) is 14.9. The van der Waals surface area contributed by atoms with Crippen molar-refractivity contribution in [3.8, 4) is 5.75 Å². The molecule has 0 bridgehead atoms. The van der Waals surface area contributed by atoms with Gasteiger partial charge >= 0.3 is 0 Å². The molecule has 2 amide bonds. The van der Waals surface area contributed by atoms with Gasteiger partial charge < -0.3 is 9.64 Å². The van der Waals surface area contributed by atoms with Gasteiger partial charge in [-0.25, -0.2) is 0 Å². The molecule has 0 atom stereocenters. The lowest BCUT2D eigenvalue weighted by atomic mass is 10.1. The number of hydrogen-bond donors (Lipinski definition) is 0. The van der Waals surface area contributed by atoms with E-state index in [9.17, 15) is 19.7 Å². The van der Waals surface area contributed by atoms with E-state index in [0.29, 0.717) is 21.8 Å². The van der Waals surface area contributed by atoms with Gasteiger partial charge in [0.1, 0.15) is 5.75 Å². The number of methoxy groups -OCH3 is 1. The maximum atomic E-state index is 12.8. The largest absolute Gasteiger partial charge is 0.496 e. The van der Waals surface area contributed by atoms with Crippen LogP contribution >= 0.6 is 11.8 Å². The summed E-state index contributed by atoms with van der Waals surface area (Å²) in [6, 6.07) is 11.5. The van der Waals surface area contributed by atoms with Crippen LogP contribution in [0.4, 0.5) is 16.2 Å². The van der Waals surface area contributed by atoms with Crippen LogP contribution in [0.2, 0.25) is 0 Å². The molecule has 162 valence electrons. The van der Waals surface area contributed by atoms with E-state index >= 15 is 0 Å². The van der Waals surface area contributed by atoms with Crippen molar-refractivity contribution in [2.45, 2.75) is 20.4 Å². The molecule has 0 aromatic heterocycles. The summed E-state index contributed by atoms with van der Waals surface area (Å²) in [6.45, 7) is 5.93. The summed E-state index contributed by atoms with van der Waals surface area (Å²) in [5.41, 5.74) is 2.32. The van der Waals surface area contributed by atoms with E-state index in [1.807, 2.05) is 18.2 Å². The first-order valence-corrected chi connectivity index (χ1v) is 10.6. The maximum Gasteiger partial charge on any atom is 0.293 e. The fourth-order valence-corrected chi connectivity index (χ4v) is 4.12. The topological polar surface area (TPSA) is 93.0 Å². The van der Waals surface area contributed by atoms with Crippen molar-refractivity contribution in [2.24, 2.45) is 0 Å². The lowest BCUT2D eigenvalue weighted by Crippen LogP contribution is -2.27. The summed E-state index contributed by atoms with van der Waals surface area (Å²) in [4.78, 5) is 39.2. The van der Waals surface area contributed by atoms with Crippen molar-refractivity contribution in [1.29, 1.82) is 0 Å². The second-order valence-electron chi connectivity index (χ2n) is 6.79. The summed E-state index contributed by atoms with van der Waals surface area (Å²) >= 11 is 0.867. The van der Waals surface area contributed by atoms with Gasteiger partial charge in [0.2, 0.25) is 0 Å². The Morgan fingerprint density at radius 3 is 2.39 bits per heavy atom. The molecule has 2 aromatic carbocycles. The molecule has 0 unspecified atom stereocenters. The van der Waals surface area contributed by atoms with Crippen molar-refractivity contribution < 1.29 is 19.2 Å². The molecule has 8 nitrogen and oxygen atoms in total. The standard InChI is InChI=1S/C22H23N3O5S/c1-4-23(5-2)18-11-8-16(19(13-18)30-3)12-20-21(26)24(22(27)31-20)14-15-6-9-17(10-7-15)25(28)29/h6-13H,4-5,14H2,1-3H3/b20-12-. The van der Waals surface area contributed by atoms with Crippen LogP contribution < -0.4 is 9.64 Å². The molecule has 2 aromatic rings. The highest BCUT2D eigenvalue weighted by atomic mass is 32.2. The van der Waals surface area contributed by atoms with Crippen LogP contribution in [0, 0.1) is 10.1 Å². The van der Waals surface area contributed by atoms with Gasteiger partial charge in [0.25, 0.3) is 16.8 Å². The molecule has 1 aliphatic rings. The highest BCUT2D eigenvalue weighted by Gasteiger charge is 2.35. The van der Waals surface area contributed by atoms with Gasteiger partial charge in [0.05, 0.1) is 23.5 Å². The number of hydrogen-bond acceptors (Lipinski definition) is 7. The molecule has 1 heterocycles. The predicted molar refractivity (Wildman–Crippen MR) is 121 cm³/mol. The smallest absolute Gasteiger partial charge is 0.293 e. The highest BCUT2D eigenvalue weighted by molar-refractivity contribution is 8.18. The van der Waals surface area contributed by atoms with Crippen LogP contribution in [-0.2, 0) is 11.3 Å². The predicted octanol–water partition coefficient (Wildman–Crippen LogP) is 4.69. The van der Waals surface area contributed by atoms with Crippen molar-refractivity contribution >= 4 is 40.4 Å². The van der Waals surface area contributed by atoms with Crippen LogP contribution in [0.1, 0.15) is 25.0 Å². The number of anilines is 1. The van der Waals surface area contributed by atoms with Gasteiger partial charge in [-0.2, -0.15) is 0 Å². The fraction of sp³-hybridized carbons (Fsp3) is 0.273. The van der Waals surface area contributed by atoms with E-state index in [4.69, 9.17) is 4.74 Å². The Morgan fingerprint density at radius 1 is 1.13 bits per heavy atom. The number of non-ortho nitro benzene ring substituents is 1. The summed E-state index contributed by atoms with van der Waals surface area (Å²) in [5.74, 6) is 0.217. The first-order valence-electron chi connectivity index (χ1n) is 9.79. The van der Waals surface area contributed by atoms with Gasteiger partial charge in [-0.15, -0.1) is 0 Å². The second-order valence-corrected chi connectivity index (χ2v) is 7.78. The molecule has 31 heavy (non-hydrogen) atoms. The van der Waals surface area contributed by atoms with E-state index in [1.165, 1.54) is 12.1 Å². The Labute approximate surface area is 184 Å². The molecule has 0 saturated carbocycles. The molecular weight excluding hydrogens is 418 g/mol. The minimum atomic E-state index is -0.495. The third-order valence-corrected chi connectivity index (χ3v) is 5.90. The summed E-state index contributed by atoms with van der Waals surface area (Å²) in [7, 11) is 1.57. The Morgan fingerprint density at radius 2 is 1.81 bits per heavy atom. The van der Waals surface area contributed by atoms with Crippen LogP contribution in [0.25, 0.3) is 6.08 Å². The highest BCUT2D eigenvalue weighted by Crippen LogP contribution is 2.36. The van der Waals surface area contributed by atoms with Crippen molar-refractivity contribution in [2.75, 3.05) is 25.1 Å². The Kier molecular flexibility index (Phi) is 6.96. The lowest BCUT2D eigenvalue weighted by Gasteiger charge is -2.22. The Hall–Kier alpha value is -3.33. The molecule has 0 radical (unpaired) electrons. The first kappa shape index (κ1) is 22.4. The number of nitrogens with zero attached hydrogens (tertiary/aromatic N) is 3. The van der Waals surface area contributed by atoms with Crippen LogP contribution in [0.15, 0.2) is 47.4 Å². The van der Waals surface area contributed by atoms with Gasteiger partial charge in [0.15, 0.2) is 0 Å². The summed E-state index contributed by atoms with van der Waals surface area (Å²) in [5, 5.41) is 10.4. The number of rotatable bonds is 8. The quantitative estimate of drug-likeness (QED) is 0.333. The molecule has 0 spiro atoms. The molecule has 1 aliphatic heterocycles. The van der Waals surface area contributed by atoms with Crippen LogP contribution in [0.5, 0.6) is 5.75 Å². The number of nitro groups is 1. The molecule has 3 rings (SSSR count). The number of ether oxygens (including phenoxy) is 1. The maximum absolute atomic E-state index is 12.8. The zero-order valence-electron chi connectivity index (χ0n) is 17.5. The third kappa shape index (κ3) is 4.88. The average molecular weight is 442 g/mol. The third-order valence-electron chi connectivity index (χ3n) is 4.99. The SMILES string of the molecule is CCN(CC)c1ccc(/C=C2\SC(=O)N(Cc3ccc([N+](=O)[O-])cc3)C2=O)c(OC)c1. The van der Waals surface area contributed by atoms with Crippen LogP contribution in [0.3, 0.4) is 0 Å². The molecular formula is C22H23N3O5S. The Bertz CT molecular complexity index is 1030. The molecule has 9 heteroatoms. The van der Waals surface area contributed by atoms with Crippen molar-refractivity contribution in [3.63, 3.8) is 0 Å². The minimum Gasteiger partial charge on any atom is -0.496 e. The zero-order chi connectivity index (χ0) is 22.5. The van der Waals surface area contributed by atoms with E-state index in [0.717, 1.165) is 35.4 Å². The van der Waals surface area contributed by atoms with E-state index < -0.39 is 10.8 Å². The minimum absolute atomic E-state index is 0.0435. The number of carbonyl (C=O) groups excluding carboxylic acids is 2. The number of nitro benzene ring substituents is 1. The number of carbonyl (C=O) groups is 2. The van der Waals surface area contributed by atoms with Gasteiger partial charge in [0, 0.05) is 42.5 Å². The van der Waals surface area contributed by atoms with Crippen molar-refractivity contribution in [1.82, 2.24) is 4.90 Å². The molecule has 1 fully saturated rings. The molecule has 0 aliphatic carbocycles. The number of thioether (sulfide) groups is 1. The van der Waals surface area contributed by atoms with Gasteiger partial charge in [-0.1, -0.05) is 12.1 Å². The fourth-order valence-electron chi connectivity index (χ4n) is 3.29. The van der Waals surface area contributed by atoms with E-state index in [2.05, 4.69) is 18.7 Å². The lowest BCUT2D eigenvalue weighted by molar-refractivity contribution is -0.384. The van der Waals surface area contributed by atoms with Crippen molar-refractivity contribution in [3.05, 3.63) is 68.6 Å². The van der Waals surface area contributed by atoms with Gasteiger partial charge in [-0.05, 0) is 49.4 Å². The average Bonchev–Trinajstić information content (AvgIpc) is 3.03. The normalized spacial score (nSPS) is 14.9. The molecule has 1 saturated heterocycles. The van der Waals surface area contributed by atoms with Gasteiger partial charge in [-0.3, -0.25) is 24.6 Å². The number of imide groups is 1. The number of benzene rings is 2. The summed E-state index contributed by atoms with van der Waals surface area (Å²) in [6.07, 6.45) is 1.66. The van der Waals surface area contributed by atoms with E-state index in [-0.39, 0.29) is 17.5 Å². The second kappa shape index (κ2) is 9.65. The van der Waals surface area contributed by atoms with E-state index in [1.54, 1.807) is 25.3 Å². The summed E-state index contributed by atoms with van der Waals surface area (Å²) < 4.78 is 5.51. The zero-order valence-corrected chi connectivity index (χ0v) is 18.3. The molecule has 0 N–H and O–H groups in total. The Balaban J connectivity index is 1.82.